The van der Waals surface area contributed by atoms with E-state index in [2.05, 4.69) is 5.32 Å². The molecule has 1 fully saturated rings. The number of nitrogens with one attached hydrogen (secondary N) is 1. The number of rotatable bonds is 4. The summed E-state index contributed by atoms with van der Waals surface area (Å²) in [5.41, 5.74) is 1.62. The first-order chi connectivity index (χ1) is 15.0. The predicted octanol–water partition coefficient (Wildman–Crippen LogP) is 1.19. The first kappa shape index (κ1) is 19.2. The smallest absolute Gasteiger partial charge is 0.336 e. The normalized spacial score (nSPS) is 13.5. The number of fused-ring (bicyclic) bond motifs is 1. The topological polar surface area (TPSA) is 78.0 Å². The van der Waals surface area contributed by atoms with Crippen LogP contribution in [0.5, 0.6) is 0 Å². The summed E-state index contributed by atoms with van der Waals surface area (Å²) in [5.74, 6) is 0.369. The van der Waals surface area contributed by atoms with Crippen molar-refractivity contribution in [2.24, 2.45) is 7.05 Å². The molecule has 0 amide bonds. The summed E-state index contributed by atoms with van der Waals surface area (Å²) in [4.78, 5) is 39.8. The predicted molar refractivity (Wildman–Crippen MR) is 125 cm³/mol. The zero-order valence-corrected chi connectivity index (χ0v) is 17.3. The average molecular weight is 412 g/mol. The summed E-state index contributed by atoms with van der Waals surface area (Å²) in [6, 6.07) is 18.1. The van der Waals surface area contributed by atoms with Crippen LogP contribution in [0.4, 0.5) is 11.5 Å². The highest BCUT2D eigenvalue weighted by Gasteiger charge is 2.30. The molecule has 1 N–H and O–H groups in total. The summed E-state index contributed by atoms with van der Waals surface area (Å²) >= 11 is 0. The molecule has 4 aromatic rings. The first-order valence-corrected chi connectivity index (χ1v) is 10.3. The molecule has 154 valence electrons. The van der Waals surface area contributed by atoms with Gasteiger partial charge in [0.05, 0.1) is 11.2 Å². The Hall–Kier alpha value is -3.81. The Morgan fingerprint density at radius 2 is 1.65 bits per heavy atom. The number of benzene rings is 2. The zero-order valence-electron chi connectivity index (χ0n) is 17.3. The lowest BCUT2D eigenvalue weighted by molar-refractivity contribution is 0.644. The van der Waals surface area contributed by atoms with Gasteiger partial charge < -0.3 is 5.32 Å². The highest BCUT2D eigenvalue weighted by molar-refractivity contribution is 6.32. The number of anilines is 2. The number of pyridine rings is 1. The molecule has 0 atom stereocenters. The van der Waals surface area contributed by atoms with Crippen LogP contribution in [-0.2, 0) is 7.05 Å². The molecule has 2 aromatic heterocycles. The second-order valence-electron chi connectivity index (χ2n) is 8.00. The van der Waals surface area contributed by atoms with Crippen LogP contribution in [0.25, 0.3) is 16.6 Å². The van der Waals surface area contributed by atoms with Gasteiger partial charge >= 0.3 is 5.69 Å². The molecule has 1 saturated carbocycles. The molecule has 5 rings (SSSR count). The largest absolute Gasteiger partial charge is 0.341 e. The molecule has 0 saturated heterocycles. The summed E-state index contributed by atoms with van der Waals surface area (Å²) in [6.07, 6.45) is 1.59. The van der Waals surface area contributed by atoms with Crippen LogP contribution in [0, 0.1) is 0 Å². The molecule has 7 nitrogen and oxygen atoms in total. The van der Waals surface area contributed by atoms with Crippen molar-refractivity contribution in [3.8, 4) is 5.69 Å². The van der Waals surface area contributed by atoms with E-state index in [0.29, 0.717) is 22.4 Å². The van der Waals surface area contributed by atoms with Crippen molar-refractivity contribution >= 4 is 35.7 Å². The number of hydrogen-bond acceptors (Lipinski definition) is 4. The first-order valence-electron chi connectivity index (χ1n) is 10.3. The molecule has 0 radical (unpaired) electrons. The van der Waals surface area contributed by atoms with Gasteiger partial charge in [0.1, 0.15) is 19.1 Å². The van der Waals surface area contributed by atoms with Crippen molar-refractivity contribution in [2.45, 2.75) is 18.9 Å². The Morgan fingerprint density at radius 3 is 2.29 bits per heavy atom. The lowest BCUT2D eigenvalue weighted by Gasteiger charge is -2.18. The molecular weight excluding hydrogens is 391 g/mol. The summed E-state index contributed by atoms with van der Waals surface area (Å²) < 4.78 is 4.23. The maximum atomic E-state index is 13.5. The number of aromatic nitrogens is 3. The van der Waals surface area contributed by atoms with Crippen LogP contribution in [0.1, 0.15) is 18.9 Å². The standard InChI is InChI=1S/C23H21BN4O3/c1-26-19(29)13-18-20(21(26)25-15-5-3-2-4-6-15)22(30)28(17-11-12-17)23(31)27(18)16-9-7-14(24)8-10-16/h2-10,13,17,25H,11-12,24H2,1H3. The van der Waals surface area contributed by atoms with Gasteiger partial charge in [-0.15, -0.1) is 0 Å². The van der Waals surface area contributed by atoms with Crippen LogP contribution < -0.4 is 27.6 Å². The number of hydrogen-bond donors (Lipinski definition) is 1. The second-order valence-corrected chi connectivity index (χ2v) is 8.00. The Bertz CT molecular complexity index is 1480. The molecule has 0 unspecified atom stereocenters. The Labute approximate surface area is 178 Å². The van der Waals surface area contributed by atoms with Gasteiger partial charge in [-0.05, 0) is 37.1 Å². The minimum Gasteiger partial charge on any atom is -0.341 e. The lowest BCUT2D eigenvalue weighted by atomic mass is 9.96. The Kier molecular flexibility index (Phi) is 4.43. The molecule has 2 aromatic carbocycles. The second kappa shape index (κ2) is 7.16. The van der Waals surface area contributed by atoms with Crippen molar-refractivity contribution < 1.29 is 0 Å². The lowest BCUT2D eigenvalue weighted by Crippen LogP contribution is -2.40. The van der Waals surface area contributed by atoms with Crippen LogP contribution in [-0.4, -0.2) is 21.5 Å². The third kappa shape index (κ3) is 3.20. The molecule has 0 bridgehead atoms. The summed E-state index contributed by atoms with van der Waals surface area (Å²) in [6.45, 7) is 0. The van der Waals surface area contributed by atoms with Gasteiger partial charge in [-0.25, -0.2) is 4.79 Å². The van der Waals surface area contributed by atoms with Crippen LogP contribution in [0.3, 0.4) is 0 Å². The van der Waals surface area contributed by atoms with Gasteiger partial charge in [0.2, 0.25) is 0 Å². The van der Waals surface area contributed by atoms with Crippen molar-refractivity contribution in [2.75, 3.05) is 5.32 Å². The SMILES string of the molecule is Bc1ccc(-n2c(=O)n(C3CC3)c(=O)c3c(Nc4ccccc4)n(C)c(=O)cc32)cc1. The zero-order chi connectivity index (χ0) is 21.7. The van der Waals surface area contributed by atoms with Gasteiger partial charge in [-0.3, -0.25) is 23.3 Å². The average Bonchev–Trinajstić information content (AvgIpc) is 3.58. The van der Waals surface area contributed by atoms with E-state index in [1.165, 1.54) is 19.8 Å². The van der Waals surface area contributed by atoms with Crippen LogP contribution >= 0.6 is 0 Å². The number of para-hydroxylation sites is 1. The third-order valence-electron chi connectivity index (χ3n) is 5.73. The van der Waals surface area contributed by atoms with Crippen LogP contribution in [0.2, 0.25) is 0 Å². The molecule has 0 spiro atoms. The van der Waals surface area contributed by atoms with Crippen molar-refractivity contribution in [3.05, 3.63) is 91.9 Å². The van der Waals surface area contributed by atoms with Gasteiger partial charge in [-0.1, -0.05) is 35.8 Å². The molecular formula is C23H21BN4O3. The summed E-state index contributed by atoms with van der Waals surface area (Å²) in [5, 5.41) is 3.54. The van der Waals surface area contributed by atoms with E-state index in [0.717, 1.165) is 24.0 Å². The minimum absolute atomic E-state index is 0.108. The monoisotopic (exact) mass is 412 g/mol. The molecule has 31 heavy (non-hydrogen) atoms. The van der Waals surface area contributed by atoms with Crippen molar-refractivity contribution in [1.29, 1.82) is 0 Å². The summed E-state index contributed by atoms with van der Waals surface area (Å²) in [7, 11) is 3.59. The van der Waals surface area contributed by atoms with E-state index in [9.17, 15) is 14.4 Å². The fourth-order valence-corrected chi connectivity index (χ4v) is 3.89. The maximum absolute atomic E-state index is 13.5. The highest BCUT2D eigenvalue weighted by Crippen LogP contribution is 2.33. The fourth-order valence-electron chi connectivity index (χ4n) is 3.89. The van der Waals surface area contributed by atoms with Crippen molar-refractivity contribution in [1.82, 2.24) is 13.7 Å². The van der Waals surface area contributed by atoms with Gasteiger partial charge in [0.25, 0.3) is 11.1 Å². The minimum atomic E-state index is -0.414. The van der Waals surface area contributed by atoms with Gasteiger partial charge in [-0.2, -0.15) is 0 Å². The molecule has 8 heteroatoms. The third-order valence-corrected chi connectivity index (χ3v) is 5.73. The van der Waals surface area contributed by atoms with E-state index in [1.807, 2.05) is 62.4 Å². The molecule has 2 heterocycles. The van der Waals surface area contributed by atoms with E-state index in [-0.39, 0.29) is 17.2 Å². The van der Waals surface area contributed by atoms with E-state index in [4.69, 9.17) is 0 Å². The Morgan fingerprint density at radius 1 is 0.968 bits per heavy atom. The van der Waals surface area contributed by atoms with E-state index < -0.39 is 5.69 Å². The van der Waals surface area contributed by atoms with E-state index >= 15 is 0 Å². The fraction of sp³-hybridized carbons (Fsp3) is 0.174. The molecule has 0 aliphatic heterocycles. The van der Waals surface area contributed by atoms with Gasteiger partial charge in [0.15, 0.2) is 0 Å². The Balaban J connectivity index is 1.92. The highest BCUT2D eigenvalue weighted by atomic mass is 16.2. The molecule has 1 aliphatic carbocycles. The van der Waals surface area contributed by atoms with Gasteiger partial charge in [0, 0.05) is 24.8 Å². The number of nitrogens with zero attached hydrogens (tertiary/aromatic N) is 3. The van der Waals surface area contributed by atoms with Crippen molar-refractivity contribution in [3.63, 3.8) is 0 Å². The maximum Gasteiger partial charge on any atom is 0.336 e. The quantitative estimate of drug-likeness (QED) is 0.511. The van der Waals surface area contributed by atoms with Crippen LogP contribution in [0.15, 0.2) is 75.0 Å². The van der Waals surface area contributed by atoms with E-state index in [1.54, 1.807) is 7.05 Å². The molecule has 1 aliphatic rings.